The third-order valence-electron chi connectivity index (χ3n) is 4.91. The molecular formula is C23H18F2N2O2. The lowest BCUT2D eigenvalue weighted by atomic mass is 9.98. The number of halogens is 2. The molecule has 1 aliphatic heterocycles. The smallest absolute Gasteiger partial charge is 0.258 e. The Kier molecular flexibility index (Phi) is 5.08. The lowest BCUT2D eigenvalue weighted by molar-refractivity contribution is 0.0984. The molecule has 29 heavy (non-hydrogen) atoms. The monoisotopic (exact) mass is 392 g/mol. The van der Waals surface area contributed by atoms with Crippen LogP contribution in [0.25, 0.3) is 0 Å². The second-order valence-corrected chi connectivity index (χ2v) is 6.85. The SMILES string of the molecule is O=C(Nc1ccc(F)cc1F)c1ccc2c(c1)CCCN2C(=O)c1ccccc1. The van der Waals surface area contributed by atoms with Crippen molar-refractivity contribution in [2.24, 2.45) is 0 Å². The van der Waals surface area contributed by atoms with Crippen molar-refractivity contribution in [3.63, 3.8) is 0 Å². The number of hydrogen-bond acceptors (Lipinski definition) is 2. The van der Waals surface area contributed by atoms with Crippen molar-refractivity contribution >= 4 is 23.2 Å². The van der Waals surface area contributed by atoms with E-state index in [0.29, 0.717) is 17.7 Å². The number of benzene rings is 3. The predicted octanol–water partition coefficient (Wildman–Crippen LogP) is 4.81. The molecule has 0 bridgehead atoms. The number of nitrogens with zero attached hydrogens (tertiary/aromatic N) is 1. The Morgan fingerprint density at radius 3 is 2.45 bits per heavy atom. The summed E-state index contributed by atoms with van der Waals surface area (Å²) in [4.78, 5) is 27.1. The summed E-state index contributed by atoms with van der Waals surface area (Å²) in [5.41, 5.74) is 2.52. The van der Waals surface area contributed by atoms with E-state index < -0.39 is 17.5 Å². The van der Waals surface area contributed by atoms with Crippen molar-refractivity contribution in [3.8, 4) is 0 Å². The largest absolute Gasteiger partial charge is 0.319 e. The molecule has 0 unspecified atom stereocenters. The minimum absolute atomic E-state index is 0.0860. The van der Waals surface area contributed by atoms with Gasteiger partial charge in [-0.2, -0.15) is 0 Å². The fourth-order valence-electron chi connectivity index (χ4n) is 3.47. The number of carbonyl (C=O) groups is 2. The van der Waals surface area contributed by atoms with Crippen molar-refractivity contribution < 1.29 is 18.4 Å². The van der Waals surface area contributed by atoms with Gasteiger partial charge in [0.1, 0.15) is 11.6 Å². The van der Waals surface area contributed by atoms with Gasteiger partial charge in [-0.25, -0.2) is 8.78 Å². The molecule has 3 aromatic rings. The van der Waals surface area contributed by atoms with E-state index in [1.165, 1.54) is 6.07 Å². The molecule has 2 amide bonds. The third kappa shape index (κ3) is 3.87. The first-order valence-corrected chi connectivity index (χ1v) is 9.29. The molecule has 3 aromatic carbocycles. The Balaban J connectivity index is 1.58. The fraction of sp³-hybridized carbons (Fsp3) is 0.130. The van der Waals surface area contributed by atoms with Crippen molar-refractivity contribution in [1.82, 2.24) is 0 Å². The van der Waals surface area contributed by atoms with Crippen LogP contribution in [0, 0.1) is 11.6 Å². The van der Waals surface area contributed by atoms with Crippen LogP contribution in [0.15, 0.2) is 66.7 Å². The minimum Gasteiger partial charge on any atom is -0.319 e. The van der Waals surface area contributed by atoms with Crippen molar-refractivity contribution in [2.45, 2.75) is 12.8 Å². The number of amides is 2. The Morgan fingerprint density at radius 2 is 1.69 bits per heavy atom. The number of carbonyl (C=O) groups excluding carboxylic acids is 2. The molecule has 4 rings (SSSR count). The molecule has 0 atom stereocenters. The van der Waals surface area contributed by atoms with Crippen molar-refractivity contribution in [2.75, 3.05) is 16.8 Å². The van der Waals surface area contributed by atoms with Gasteiger partial charge in [-0.05, 0) is 60.9 Å². The Labute approximate surface area is 166 Å². The van der Waals surface area contributed by atoms with Gasteiger partial charge in [0.15, 0.2) is 0 Å². The van der Waals surface area contributed by atoms with Gasteiger partial charge in [0.25, 0.3) is 11.8 Å². The van der Waals surface area contributed by atoms with Gasteiger partial charge in [-0.15, -0.1) is 0 Å². The maximum Gasteiger partial charge on any atom is 0.258 e. The second-order valence-electron chi connectivity index (χ2n) is 6.85. The van der Waals surface area contributed by atoms with E-state index in [1.807, 2.05) is 18.2 Å². The summed E-state index contributed by atoms with van der Waals surface area (Å²) in [6, 6.07) is 17.1. The van der Waals surface area contributed by atoms with E-state index in [1.54, 1.807) is 35.2 Å². The van der Waals surface area contributed by atoms with Crippen molar-refractivity contribution in [1.29, 1.82) is 0 Å². The van der Waals surface area contributed by atoms with Gasteiger partial charge < -0.3 is 10.2 Å². The zero-order valence-corrected chi connectivity index (χ0v) is 15.5. The zero-order valence-electron chi connectivity index (χ0n) is 15.5. The van der Waals surface area contributed by atoms with Gasteiger partial charge in [-0.3, -0.25) is 9.59 Å². The highest BCUT2D eigenvalue weighted by molar-refractivity contribution is 6.08. The summed E-state index contributed by atoms with van der Waals surface area (Å²) in [5, 5.41) is 2.46. The second kappa shape index (κ2) is 7.83. The molecule has 6 heteroatoms. The maximum absolute atomic E-state index is 13.8. The quantitative estimate of drug-likeness (QED) is 0.695. The summed E-state index contributed by atoms with van der Waals surface area (Å²) in [7, 11) is 0. The van der Waals surface area contributed by atoms with Crippen LogP contribution < -0.4 is 10.2 Å². The number of nitrogens with one attached hydrogen (secondary N) is 1. The predicted molar refractivity (Wildman–Crippen MR) is 107 cm³/mol. The zero-order chi connectivity index (χ0) is 20.4. The van der Waals surface area contributed by atoms with Crippen LogP contribution in [0.2, 0.25) is 0 Å². The molecule has 1 heterocycles. The van der Waals surface area contributed by atoms with Crippen LogP contribution in [0.5, 0.6) is 0 Å². The Bertz CT molecular complexity index is 1080. The van der Waals surface area contributed by atoms with E-state index in [4.69, 9.17) is 0 Å². The topological polar surface area (TPSA) is 49.4 Å². The Morgan fingerprint density at radius 1 is 0.897 bits per heavy atom. The first-order chi connectivity index (χ1) is 14.0. The average Bonchev–Trinajstić information content (AvgIpc) is 2.75. The third-order valence-corrected chi connectivity index (χ3v) is 4.91. The number of hydrogen-bond donors (Lipinski definition) is 1. The summed E-state index contributed by atoms with van der Waals surface area (Å²) < 4.78 is 26.8. The normalized spacial score (nSPS) is 13.0. The molecule has 0 radical (unpaired) electrons. The number of anilines is 2. The molecule has 0 spiro atoms. The molecule has 0 saturated carbocycles. The minimum atomic E-state index is -0.837. The highest BCUT2D eigenvalue weighted by Gasteiger charge is 2.24. The van der Waals surface area contributed by atoms with E-state index in [2.05, 4.69) is 5.32 Å². The van der Waals surface area contributed by atoms with Crippen LogP contribution in [0.4, 0.5) is 20.2 Å². The molecule has 0 aliphatic carbocycles. The van der Waals surface area contributed by atoms with Gasteiger partial charge in [0.05, 0.1) is 5.69 Å². The van der Waals surface area contributed by atoms with Crippen LogP contribution in [0.3, 0.4) is 0 Å². The number of aryl methyl sites for hydroxylation is 1. The van der Waals surface area contributed by atoms with Crippen LogP contribution in [-0.2, 0) is 6.42 Å². The molecule has 1 N–H and O–H groups in total. The average molecular weight is 392 g/mol. The lowest BCUT2D eigenvalue weighted by Crippen LogP contribution is -2.35. The van der Waals surface area contributed by atoms with E-state index in [0.717, 1.165) is 36.2 Å². The molecule has 0 aromatic heterocycles. The molecular weight excluding hydrogens is 374 g/mol. The van der Waals surface area contributed by atoms with Gasteiger partial charge >= 0.3 is 0 Å². The molecule has 1 aliphatic rings. The summed E-state index contributed by atoms with van der Waals surface area (Å²) >= 11 is 0. The van der Waals surface area contributed by atoms with Crippen molar-refractivity contribution in [3.05, 3.63) is 95.1 Å². The number of fused-ring (bicyclic) bond motifs is 1. The molecule has 0 fully saturated rings. The first kappa shape index (κ1) is 18.8. The van der Waals surface area contributed by atoms with E-state index in [9.17, 15) is 18.4 Å². The van der Waals surface area contributed by atoms with Crippen LogP contribution in [-0.4, -0.2) is 18.4 Å². The standard InChI is InChI=1S/C23H18F2N2O2/c24-18-9-10-20(19(25)14-18)26-22(28)17-8-11-21-16(13-17)7-4-12-27(21)23(29)15-5-2-1-3-6-15/h1-3,5-6,8-11,13-14H,4,7,12H2,(H,26,28). The highest BCUT2D eigenvalue weighted by Crippen LogP contribution is 2.30. The first-order valence-electron chi connectivity index (χ1n) is 9.29. The van der Waals surface area contributed by atoms with Crippen LogP contribution >= 0.6 is 0 Å². The fourth-order valence-corrected chi connectivity index (χ4v) is 3.47. The lowest BCUT2D eigenvalue weighted by Gasteiger charge is -2.30. The van der Waals surface area contributed by atoms with E-state index in [-0.39, 0.29) is 11.6 Å². The molecule has 0 saturated heterocycles. The van der Waals surface area contributed by atoms with Gasteiger partial charge in [-0.1, -0.05) is 18.2 Å². The van der Waals surface area contributed by atoms with Crippen LogP contribution in [0.1, 0.15) is 32.7 Å². The van der Waals surface area contributed by atoms with E-state index >= 15 is 0 Å². The maximum atomic E-state index is 13.8. The summed E-state index contributed by atoms with van der Waals surface area (Å²) in [6.45, 7) is 0.604. The molecule has 4 nitrogen and oxygen atoms in total. The Hall–Kier alpha value is -3.54. The summed E-state index contributed by atoms with van der Waals surface area (Å²) in [6.07, 6.45) is 1.52. The molecule has 146 valence electrons. The van der Waals surface area contributed by atoms with Gasteiger partial charge in [0, 0.05) is 29.4 Å². The highest BCUT2D eigenvalue weighted by atomic mass is 19.1. The number of rotatable bonds is 3. The van der Waals surface area contributed by atoms with Gasteiger partial charge in [0.2, 0.25) is 0 Å². The summed E-state index contributed by atoms with van der Waals surface area (Å²) in [5.74, 6) is -2.13.